The van der Waals surface area contributed by atoms with E-state index in [4.69, 9.17) is 4.52 Å². The highest BCUT2D eigenvalue weighted by molar-refractivity contribution is 4.97. The third kappa shape index (κ3) is 2.90. The van der Waals surface area contributed by atoms with Crippen LogP contribution in [-0.4, -0.2) is 36.3 Å². The maximum atomic E-state index is 5.44. The first-order valence-corrected chi connectivity index (χ1v) is 7.16. The number of hydrogen-bond acceptors (Lipinski definition) is 5. The Morgan fingerprint density at radius 2 is 1.67 bits per heavy atom. The average molecular weight is 250 g/mol. The molecule has 0 saturated carbocycles. The van der Waals surface area contributed by atoms with E-state index in [1.165, 1.54) is 12.8 Å². The van der Waals surface area contributed by atoms with Crippen molar-refractivity contribution in [3.8, 4) is 0 Å². The summed E-state index contributed by atoms with van der Waals surface area (Å²) in [5.74, 6) is 2.97. The predicted molar refractivity (Wildman–Crippen MR) is 68.4 cm³/mol. The summed E-state index contributed by atoms with van der Waals surface area (Å²) in [4.78, 5) is 4.60. The minimum atomic E-state index is 0.473. The number of nitrogens with one attached hydrogen (secondary N) is 2. The van der Waals surface area contributed by atoms with E-state index in [-0.39, 0.29) is 0 Å². The molecule has 0 aliphatic carbocycles. The van der Waals surface area contributed by atoms with Gasteiger partial charge in [0.2, 0.25) is 5.89 Å². The second-order valence-corrected chi connectivity index (χ2v) is 5.47. The number of hydrogen-bond donors (Lipinski definition) is 2. The average Bonchev–Trinajstić information content (AvgIpc) is 2.89. The van der Waals surface area contributed by atoms with Crippen molar-refractivity contribution < 1.29 is 4.52 Å². The fraction of sp³-hybridized carbons (Fsp3) is 0.846. The van der Waals surface area contributed by atoms with E-state index in [9.17, 15) is 0 Å². The van der Waals surface area contributed by atoms with Gasteiger partial charge in [-0.1, -0.05) is 5.16 Å². The molecule has 100 valence electrons. The molecule has 0 aromatic carbocycles. The Morgan fingerprint density at radius 1 is 1.00 bits per heavy atom. The van der Waals surface area contributed by atoms with E-state index in [2.05, 4.69) is 20.8 Å². The van der Waals surface area contributed by atoms with Crippen LogP contribution in [-0.2, 0) is 6.42 Å². The van der Waals surface area contributed by atoms with Crippen molar-refractivity contribution >= 4 is 0 Å². The summed E-state index contributed by atoms with van der Waals surface area (Å²) in [7, 11) is 0. The first kappa shape index (κ1) is 12.1. The van der Waals surface area contributed by atoms with Crippen LogP contribution in [0.5, 0.6) is 0 Å². The van der Waals surface area contributed by atoms with Gasteiger partial charge >= 0.3 is 0 Å². The monoisotopic (exact) mass is 250 g/mol. The highest BCUT2D eigenvalue weighted by Gasteiger charge is 2.22. The molecule has 0 spiro atoms. The van der Waals surface area contributed by atoms with Gasteiger partial charge in [-0.25, -0.2) is 0 Å². The summed E-state index contributed by atoms with van der Waals surface area (Å²) < 4.78 is 5.44. The van der Waals surface area contributed by atoms with Gasteiger partial charge in [0.15, 0.2) is 5.82 Å². The number of nitrogens with zero attached hydrogens (tertiary/aromatic N) is 2. The number of aromatic nitrogens is 2. The third-order valence-corrected chi connectivity index (χ3v) is 4.10. The Balaban J connectivity index is 1.58. The van der Waals surface area contributed by atoms with Crippen molar-refractivity contribution in [2.24, 2.45) is 5.92 Å². The molecular weight excluding hydrogens is 228 g/mol. The van der Waals surface area contributed by atoms with Crippen molar-refractivity contribution in [2.45, 2.75) is 38.0 Å². The molecule has 0 radical (unpaired) electrons. The minimum Gasteiger partial charge on any atom is -0.339 e. The molecule has 1 aromatic heterocycles. The minimum absolute atomic E-state index is 0.473. The smallest absolute Gasteiger partial charge is 0.229 e. The molecule has 2 saturated heterocycles. The SMILES string of the molecule is C1CC(Cc2noc(C3CCNCC3)n2)CCN1. The Hall–Kier alpha value is -0.940. The van der Waals surface area contributed by atoms with E-state index in [0.717, 1.165) is 63.1 Å². The number of rotatable bonds is 3. The lowest BCUT2D eigenvalue weighted by atomic mass is 9.94. The highest BCUT2D eigenvalue weighted by atomic mass is 16.5. The van der Waals surface area contributed by atoms with Crippen LogP contribution >= 0.6 is 0 Å². The van der Waals surface area contributed by atoms with Crippen LogP contribution in [0.4, 0.5) is 0 Å². The molecular formula is C13H22N4O. The molecule has 3 heterocycles. The maximum Gasteiger partial charge on any atom is 0.229 e. The van der Waals surface area contributed by atoms with Gasteiger partial charge in [-0.15, -0.1) is 0 Å². The molecule has 18 heavy (non-hydrogen) atoms. The van der Waals surface area contributed by atoms with Gasteiger partial charge in [0, 0.05) is 12.3 Å². The summed E-state index contributed by atoms with van der Waals surface area (Å²) >= 11 is 0. The van der Waals surface area contributed by atoms with Crippen LogP contribution in [0.1, 0.15) is 43.3 Å². The highest BCUT2D eigenvalue weighted by Crippen LogP contribution is 2.24. The Labute approximate surface area is 108 Å². The van der Waals surface area contributed by atoms with Crippen LogP contribution in [0.25, 0.3) is 0 Å². The molecule has 0 amide bonds. The van der Waals surface area contributed by atoms with Gasteiger partial charge < -0.3 is 15.2 Å². The molecule has 1 aromatic rings. The van der Waals surface area contributed by atoms with Gasteiger partial charge in [-0.2, -0.15) is 4.98 Å². The molecule has 0 unspecified atom stereocenters. The second-order valence-electron chi connectivity index (χ2n) is 5.47. The summed E-state index contributed by atoms with van der Waals surface area (Å²) in [6.45, 7) is 4.39. The number of piperidine rings is 2. The van der Waals surface area contributed by atoms with Crippen LogP contribution in [0, 0.1) is 5.92 Å². The Morgan fingerprint density at radius 3 is 2.39 bits per heavy atom. The van der Waals surface area contributed by atoms with Crippen molar-refractivity contribution in [2.75, 3.05) is 26.2 Å². The van der Waals surface area contributed by atoms with Crippen molar-refractivity contribution in [3.63, 3.8) is 0 Å². The zero-order valence-electron chi connectivity index (χ0n) is 10.8. The molecule has 5 heteroatoms. The standard InChI is InChI=1S/C13H22N4O/c1-5-14-6-2-10(1)9-12-16-13(18-17-12)11-3-7-15-8-4-11/h10-11,14-15H,1-9H2. The molecule has 3 rings (SSSR count). The second kappa shape index (κ2) is 5.80. The van der Waals surface area contributed by atoms with Gasteiger partial charge in [0.25, 0.3) is 0 Å². The predicted octanol–water partition coefficient (Wildman–Crippen LogP) is 1.08. The van der Waals surface area contributed by atoms with Crippen molar-refractivity contribution in [3.05, 3.63) is 11.7 Å². The van der Waals surface area contributed by atoms with Crippen LogP contribution in [0.15, 0.2) is 4.52 Å². The molecule has 2 N–H and O–H groups in total. The lowest BCUT2D eigenvalue weighted by Crippen LogP contribution is -2.29. The molecule has 5 nitrogen and oxygen atoms in total. The third-order valence-electron chi connectivity index (χ3n) is 4.10. The summed E-state index contributed by atoms with van der Waals surface area (Å²) in [5.41, 5.74) is 0. The van der Waals surface area contributed by atoms with E-state index in [1.54, 1.807) is 0 Å². The normalized spacial score (nSPS) is 23.3. The van der Waals surface area contributed by atoms with Crippen LogP contribution < -0.4 is 10.6 Å². The molecule has 0 atom stereocenters. The van der Waals surface area contributed by atoms with Gasteiger partial charge in [0.1, 0.15) is 0 Å². The van der Waals surface area contributed by atoms with E-state index in [1.807, 2.05) is 0 Å². The summed E-state index contributed by atoms with van der Waals surface area (Å²) in [6, 6.07) is 0. The van der Waals surface area contributed by atoms with Crippen molar-refractivity contribution in [1.82, 2.24) is 20.8 Å². The summed E-state index contributed by atoms with van der Waals surface area (Å²) in [6.07, 6.45) is 5.69. The fourth-order valence-corrected chi connectivity index (χ4v) is 2.93. The Bertz CT molecular complexity index is 367. The molecule has 0 bridgehead atoms. The first-order chi connectivity index (χ1) is 8.92. The van der Waals surface area contributed by atoms with Crippen LogP contribution in [0.3, 0.4) is 0 Å². The van der Waals surface area contributed by atoms with Gasteiger partial charge in [-0.05, 0) is 57.8 Å². The quantitative estimate of drug-likeness (QED) is 0.840. The lowest BCUT2D eigenvalue weighted by molar-refractivity contribution is 0.314. The molecule has 2 aliphatic heterocycles. The Kier molecular flexibility index (Phi) is 3.90. The zero-order valence-corrected chi connectivity index (χ0v) is 10.8. The van der Waals surface area contributed by atoms with Gasteiger partial charge in [0.05, 0.1) is 0 Å². The summed E-state index contributed by atoms with van der Waals surface area (Å²) in [5, 5.41) is 10.9. The molecule has 2 aliphatic rings. The zero-order chi connectivity index (χ0) is 12.2. The largest absolute Gasteiger partial charge is 0.339 e. The fourth-order valence-electron chi connectivity index (χ4n) is 2.93. The van der Waals surface area contributed by atoms with E-state index >= 15 is 0 Å². The molecule has 2 fully saturated rings. The first-order valence-electron chi connectivity index (χ1n) is 7.16. The van der Waals surface area contributed by atoms with Crippen molar-refractivity contribution in [1.29, 1.82) is 0 Å². The topological polar surface area (TPSA) is 63.0 Å². The van der Waals surface area contributed by atoms with E-state index < -0.39 is 0 Å². The maximum absolute atomic E-state index is 5.44. The lowest BCUT2D eigenvalue weighted by Gasteiger charge is -2.21. The van der Waals surface area contributed by atoms with Crippen LogP contribution in [0.2, 0.25) is 0 Å². The van der Waals surface area contributed by atoms with E-state index in [0.29, 0.717) is 5.92 Å². The van der Waals surface area contributed by atoms with Gasteiger partial charge in [-0.3, -0.25) is 0 Å².